The Kier molecular flexibility index (Phi) is 8.30. The van der Waals surface area contributed by atoms with Gasteiger partial charge < -0.3 is 23.8 Å². The van der Waals surface area contributed by atoms with Crippen molar-refractivity contribution < 1.29 is 41.7 Å². The van der Waals surface area contributed by atoms with E-state index in [-0.39, 0.29) is 37.2 Å². The number of amides is 2. The number of ketones is 1. The average Bonchev–Trinajstić information content (AvgIpc) is 3.91. The molecular weight excluding hydrogens is 626 g/mol. The normalized spacial score (nSPS) is 29.9. The largest absolute Gasteiger partial charge is 0.489 e. The van der Waals surface area contributed by atoms with Gasteiger partial charge in [-0.1, -0.05) is 12.2 Å². The number of pyridine rings is 1. The number of nitrogens with one attached hydrogen (secondary N) is 1. The number of nitrogens with zero attached hydrogens (tertiary/aromatic N) is 2. The SMILES string of the molecule is CCOc1cc(O[C@@H]2C[C@H]3C(=O)C[C@]4(C(=O)NS(=O)(=O)C5CC5)C[C@H]4/C=C\CCCCN(C)C(=O)[C@@H]3C2)c2ccc3c(c2n1)OCO3. The van der Waals surface area contributed by atoms with Gasteiger partial charge in [-0.25, -0.2) is 13.4 Å². The highest BCUT2D eigenvalue weighted by Gasteiger charge is 2.61. The zero-order valence-electron chi connectivity index (χ0n) is 26.7. The molecule has 47 heavy (non-hydrogen) atoms. The van der Waals surface area contributed by atoms with Crippen LogP contribution in [0, 0.1) is 23.2 Å². The van der Waals surface area contributed by atoms with Gasteiger partial charge in [0.25, 0.3) is 0 Å². The van der Waals surface area contributed by atoms with E-state index in [0.717, 1.165) is 19.3 Å². The Morgan fingerprint density at radius 2 is 1.96 bits per heavy atom. The van der Waals surface area contributed by atoms with E-state index in [1.54, 1.807) is 24.1 Å². The van der Waals surface area contributed by atoms with E-state index in [0.29, 0.717) is 72.9 Å². The number of allylic oxidation sites excluding steroid dienone is 2. The molecule has 1 aromatic carbocycles. The van der Waals surface area contributed by atoms with Crippen molar-refractivity contribution in [3.05, 3.63) is 30.4 Å². The van der Waals surface area contributed by atoms with Crippen LogP contribution in [0.25, 0.3) is 10.9 Å². The predicted molar refractivity (Wildman–Crippen MR) is 171 cm³/mol. The highest BCUT2D eigenvalue weighted by atomic mass is 32.2. The van der Waals surface area contributed by atoms with E-state index in [1.807, 2.05) is 25.1 Å². The minimum absolute atomic E-state index is 0.0809. The monoisotopic (exact) mass is 667 g/mol. The fourth-order valence-electron chi connectivity index (χ4n) is 7.34. The minimum Gasteiger partial charge on any atom is -0.489 e. The molecule has 0 bridgehead atoms. The lowest BCUT2D eigenvalue weighted by Crippen LogP contribution is -2.42. The molecule has 2 aliphatic heterocycles. The van der Waals surface area contributed by atoms with Gasteiger partial charge in [0.2, 0.25) is 34.5 Å². The van der Waals surface area contributed by atoms with E-state index < -0.39 is 44.5 Å². The number of hydrogen-bond donors (Lipinski definition) is 1. The van der Waals surface area contributed by atoms with Gasteiger partial charge in [-0.2, -0.15) is 0 Å². The molecule has 13 heteroatoms. The van der Waals surface area contributed by atoms with Crippen molar-refractivity contribution in [2.75, 3.05) is 27.0 Å². The van der Waals surface area contributed by atoms with Crippen LogP contribution in [0.3, 0.4) is 0 Å². The predicted octanol–water partition coefficient (Wildman–Crippen LogP) is 3.91. The van der Waals surface area contributed by atoms with E-state index in [4.69, 9.17) is 18.9 Å². The topological polar surface area (TPSA) is 150 Å². The number of Topliss-reactive ketones (excluding diaryl/α,β-unsaturated/α-hetero) is 1. The van der Waals surface area contributed by atoms with E-state index in [1.165, 1.54) is 0 Å². The molecule has 0 radical (unpaired) electrons. The molecule has 2 amide bonds. The van der Waals surface area contributed by atoms with E-state index in [2.05, 4.69) is 9.71 Å². The Morgan fingerprint density at radius 3 is 2.74 bits per heavy atom. The minimum atomic E-state index is -3.78. The summed E-state index contributed by atoms with van der Waals surface area (Å²) in [6.07, 6.45) is 7.85. The number of carbonyl (C=O) groups excluding carboxylic acids is 3. The Balaban J connectivity index is 1.18. The summed E-state index contributed by atoms with van der Waals surface area (Å²) in [5.74, 6) is -0.589. The van der Waals surface area contributed by atoms with E-state index in [9.17, 15) is 22.8 Å². The van der Waals surface area contributed by atoms with Crippen molar-refractivity contribution in [2.24, 2.45) is 23.2 Å². The van der Waals surface area contributed by atoms with Crippen LogP contribution in [0.1, 0.15) is 64.7 Å². The summed E-state index contributed by atoms with van der Waals surface area (Å²) in [7, 11) is -2.01. The molecule has 1 N–H and O–H groups in total. The number of rotatable bonds is 7. The molecule has 7 rings (SSSR count). The highest BCUT2D eigenvalue weighted by Crippen LogP contribution is 2.58. The number of benzene rings is 1. The number of sulfonamides is 1. The number of ether oxygens (including phenoxy) is 4. The van der Waals surface area contributed by atoms with Crippen LogP contribution < -0.4 is 23.7 Å². The van der Waals surface area contributed by atoms with Crippen molar-refractivity contribution in [1.29, 1.82) is 0 Å². The summed E-state index contributed by atoms with van der Waals surface area (Å²) in [5, 5.41) is 0.133. The summed E-state index contributed by atoms with van der Waals surface area (Å²) >= 11 is 0. The average molecular weight is 668 g/mol. The first-order valence-corrected chi connectivity index (χ1v) is 18.2. The van der Waals surface area contributed by atoms with Crippen molar-refractivity contribution in [3.63, 3.8) is 0 Å². The molecule has 12 nitrogen and oxygen atoms in total. The Hall–Kier alpha value is -3.87. The fourth-order valence-corrected chi connectivity index (χ4v) is 8.73. The summed E-state index contributed by atoms with van der Waals surface area (Å²) in [4.78, 5) is 48.0. The first-order valence-electron chi connectivity index (χ1n) is 16.6. The smallest absolute Gasteiger partial charge is 0.240 e. The van der Waals surface area contributed by atoms with Gasteiger partial charge in [0.05, 0.1) is 23.2 Å². The summed E-state index contributed by atoms with van der Waals surface area (Å²) in [5.41, 5.74) is -0.611. The number of fused-ring (bicyclic) bond motifs is 5. The molecule has 2 aromatic rings. The summed E-state index contributed by atoms with van der Waals surface area (Å²) in [6, 6.07) is 5.35. The molecule has 1 aromatic heterocycles. The van der Waals surface area contributed by atoms with Crippen molar-refractivity contribution >= 4 is 38.5 Å². The lowest BCUT2D eigenvalue weighted by molar-refractivity contribution is -0.140. The highest BCUT2D eigenvalue weighted by molar-refractivity contribution is 7.90. The lowest BCUT2D eigenvalue weighted by Gasteiger charge is -2.26. The van der Waals surface area contributed by atoms with Gasteiger partial charge in [-0.3, -0.25) is 19.1 Å². The summed E-state index contributed by atoms with van der Waals surface area (Å²) in [6.45, 7) is 2.90. The maximum atomic E-state index is 14.2. The van der Waals surface area contributed by atoms with Crippen LogP contribution in [0.15, 0.2) is 30.4 Å². The molecule has 3 aliphatic carbocycles. The number of hydrogen-bond acceptors (Lipinski definition) is 10. The van der Waals surface area contributed by atoms with Crippen LogP contribution in [0.4, 0.5) is 0 Å². The van der Waals surface area contributed by atoms with E-state index >= 15 is 0 Å². The third kappa shape index (κ3) is 6.14. The molecule has 0 unspecified atom stereocenters. The van der Waals surface area contributed by atoms with Gasteiger partial charge in [0.1, 0.15) is 23.2 Å². The second-order valence-corrected chi connectivity index (χ2v) is 15.4. The van der Waals surface area contributed by atoms with Gasteiger partial charge in [0.15, 0.2) is 11.5 Å². The maximum Gasteiger partial charge on any atom is 0.240 e. The van der Waals surface area contributed by atoms with Crippen LogP contribution in [-0.4, -0.2) is 74.2 Å². The van der Waals surface area contributed by atoms with Crippen molar-refractivity contribution in [3.8, 4) is 23.1 Å². The van der Waals surface area contributed by atoms with Crippen LogP contribution >= 0.6 is 0 Å². The van der Waals surface area contributed by atoms with Crippen LogP contribution in [0.5, 0.6) is 23.1 Å². The molecule has 0 spiro atoms. The van der Waals surface area contributed by atoms with Gasteiger partial charge in [-0.15, -0.1) is 0 Å². The third-order valence-corrected chi connectivity index (χ3v) is 12.0. The zero-order chi connectivity index (χ0) is 32.9. The number of carbonyl (C=O) groups is 3. The van der Waals surface area contributed by atoms with Crippen LogP contribution in [-0.2, 0) is 24.4 Å². The maximum absolute atomic E-state index is 14.2. The van der Waals surface area contributed by atoms with Crippen LogP contribution in [0.2, 0.25) is 0 Å². The number of aromatic nitrogens is 1. The lowest BCUT2D eigenvalue weighted by atomic mass is 9.84. The molecular formula is C34H41N3O9S. The molecule has 5 aliphatic rings. The quantitative estimate of drug-likeness (QED) is 0.431. The standard InChI is InChI=1S/C34H41N3O9S/c1-3-43-29-16-28(23-11-12-27-31(30(23)35-29)45-19-44-27)46-21-14-24-25(15-21)32(39)37(2)13-7-5-4-6-8-20-17-34(20,18-26(24)38)33(40)36-47(41,42)22-9-10-22/h6,8,11-12,16,20-22,24-25H,3-5,7,9-10,13-15,17-19H2,1-2H3,(H,36,40)/b8-6-/t20-,21-,24-,25-,34-/m1/s1. The summed E-state index contributed by atoms with van der Waals surface area (Å²) < 4.78 is 51.3. The van der Waals surface area contributed by atoms with Crippen molar-refractivity contribution in [2.45, 2.75) is 76.1 Å². The molecule has 0 saturated heterocycles. The third-order valence-electron chi connectivity index (χ3n) is 10.2. The molecule has 3 fully saturated rings. The molecule has 3 saturated carbocycles. The second-order valence-electron chi connectivity index (χ2n) is 13.5. The first kappa shape index (κ1) is 31.7. The Bertz CT molecular complexity index is 1740. The van der Waals surface area contributed by atoms with Gasteiger partial charge in [0, 0.05) is 37.4 Å². The zero-order valence-corrected chi connectivity index (χ0v) is 27.6. The first-order chi connectivity index (χ1) is 22.6. The Morgan fingerprint density at radius 1 is 1.15 bits per heavy atom. The molecule has 5 atom stereocenters. The molecule has 3 heterocycles. The van der Waals surface area contributed by atoms with Gasteiger partial charge >= 0.3 is 0 Å². The second kappa shape index (κ2) is 12.3. The fraction of sp³-hybridized carbons (Fsp3) is 0.588. The Labute approximate surface area is 274 Å². The van der Waals surface area contributed by atoms with Crippen molar-refractivity contribution in [1.82, 2.24) is 14.6 Å². The molecule has 252 valence electrons. The van der Waals surface area contributed by atoms with Gasteiger partial charge in [-0.05, 0) is 76.3 Å².